The van der Waals surface area contributed by atoms with Crippen molar-refractivity contribution in [3.8, 4) is 0 Å². The molecule has 126 valence electrons. The van der Waals surface area contributed by atoms with Crippen molar-refractivity contribution in [1.29, 1.82) is 0 Å². The Hall–Kier alpha value is -1.39. The van der Waals surface area contributed by atoms with Crippen molar-refractivity contribution in [1.82, 2.24) is 4.90 Å². The second-order valence-corrected chi connectivity index (χ2v) is 7.37. The van der Waals surface area contributed by atoms with Gasteiger partial charge in [-0.15, -0.1) is 0 Å². The quantitative estimate of drug-likeness (QED) is 0.911. The third-order valence-corrected chi connectivity index (χ3v) is 5.41. The molecule has 1 N–H and O–H groups in total. The van der Waals surface area contributed by atoms with E-state index in [4.69, 9.17) is 0 Å². The molecule has 4 nitrogen and oxygen atoms in total. The van der Waals surface area contributed by atoms with E-state index in [0.717, 1.165) is 38.2 Å². The Morgan fingerprint density at radius 1 is 1.09 bits per heavy atom. The highest BCUT2D eigenvalue weighted by molar-refractivity contribution is 6.00. The van der Waals surface area contributed by atoms with Crippen LogP contribution in [-0.2, 0) is 4.79 Å². The molecule has 2 fully saturated rings. The molecule has 3 atom stereocenters. The minimum atomic E-state index is -0.222. The lowest BCUT2D eigenvalue weighted by atomic mass is 9.95. The van der Waals surface area contributed by atoms with Crippen LogP contribution in [0.15, 0.2) is 12.1 Å². The fraction of sp³-hybridized carbons (Fsp3) is 0.632. The number of likely N-dealkylation sites (tertiary alicyclic amines) is 1. The third kappa shape index (κ3) is 3.02. The number of piperidine rings is 1. The summed E-state index contributed by atoms with van der Waals surface area (Å²) in [7, 11) is 0. The lowest BCUT2D eigenvalue weighted by molar-refractivity contribution is -0.123. The van der Waals surface area contributed by atoms with Gasteiger partial charge in [0.05, 0.1) is 12.1 Å². The fourth-order valence-corrected chi connectivity index (χ4v) is 4.27. The molecule has 0 saturated carbocycles. The van der Waals surface area contributed by atoms with E-state index in [1.165, 1.54) is 16.7 Å². The Labute approximate surface area is 139 Å². The van der Waals surface area contributed by atoms with Gasteiger partial charge >= 0.3 is 0 Å². The minimum absolute atomic E-state index is 0.0231. The van der Waals surface area contributed by atoms with Crippen LogP contribution in [0.25, 0.3) is 0 Å². The van der Waals surface area contributed by atoms with E-state index < -0.39 is 0 Å². The maximum Gasteiger partial charge on any atom is 0.244 e. The van der Waals surface area contributed by atoms with E-state index in [1.807, 2.05) is 4.90 Å². The van der Waals surface area contributed by atoms with Crippen molar-refractivity contribution in [3.05, 3.63) is 28.8 Å². The summed E-state index contributed by atoms with van der Waals surface area (Å²) in [5.74, 6) is 0.470. The van der Waals surface area contributed by atoms with Gasteiger partial charge in [0.2, 0.25) is 5.91 Å². The predicted molar refractivity (Wildman–Crippen MR) is 92.8 cm³/mol. The zero-order valence-corrected chi connectivity index (χ0v) is 14.7. The van der Waals surface area contributed by atoms with Crippen molar-refractivity contribution < 1.29 is 9.90 Å². The molecule has 1 aromatic carbocycles. The minimum Gasteiger partial charge on any atom is -0.393 e. The maximum absolute atomic E-state index is 13.0. The summed E-state index contributed by atoms with van der Waals surface area (Å²) in [5, 5.41) is 9.91. The number of hydrogen-bond acceptors (Lipinski definition) is 3. The Balaban J connectivity index is 1.80. The first-order chi connectivity index (χ1) is 10.9. The smallest absolute Gasteiger partial charge is 0.244 e. The van der Waals surface area contributed by atoms with Gasteiger partial charge in [0.15, 0.2) is 0 Å². The van der Waals surface area contributed by atoms with E-state index in [2.05, 4.69) is 44.7 Å². The van der Waals surface area contributed by atoms with Crippen molar-refractivity contribution in [2.75, 3.05) is 24.5 Å². The van der Waals surface area contributed by atoms with E-state index in [0.29, 0.717) is 0 Å². The largest absolute Gasteiger partial charge is 0.393 e. The third-order valence-electron chi connectivity index (χ3n) is 5.41. The molecule has 2 heterocycles. The molecule has 1 amide bonds. The Bertz CT molecular complexity index is 590. The number of carbonyl (C=O) groups is 1. The van der Waals surface area contributed by atoms with Gasteiger partial charge in [0, 0.05) is 25.3 Å². The number of rotatable bonds is 2. The number of anilines is 1. The van der Waals surface area contributed by atoms with E-state index in [-0.39, 0.29) is 24.0 Å². The molecule has 0 aliphatic carbocycles. The lowest BCUT2D eigenvalue weighted by Gasteiger charge is -2.37. The number of hydrogen-bond donors (Lipinski definition) is 1. The summed E-state index contributed by atoms with van der Waals surface area (Å²) in [5.41, 5.74) is 4.69. The molecule has 2 aliphatic heterocycles. The number of aliphatic hydroxyl groups excluding tert-OH is 1. The molecule has 0 bridgehead atoms. The van der Waals surface area contributed by atoms with Crippen LogP contribution in [0.2, 0.25) is 0 Å². The highest BCUT2D eigenvalue weighted by Crippen LogP contribution is 2.32. The topological polar surface area (TPSA) is 43.8 Å². The molecule has 2 saturated heterocycles. The van der Waals surface area contributed by atoms with Crippen LogP contribution in [0.5, 0.6) is 0 Å². The average molecular weight is 316 g/mol. The number of benzene rings is 1. The normalized spacial score (nSPS) is 29.3. The monoisotopic (exact) mass is 316 g/mol. The van der Waals surface area contributed by atoms with Gasteiger partial charge in [-0.25, -0.2) is 0 Å². The molecule has 1 aromatic rings. The first-order valence-electron chi connectivity index (χ1n) is 8.70. The van der Waals surface area contributed by atoms with E-state index in [1.54, 1.807) is 0 Å². The van der Waals surface area contributed by atoms with Crippen molar-refractivity contribution >= 4 is 11.6 Å². The maximum atomic E-state index is 13.0. The first kappa shape index (κ1) is 16.5. The van der Waals surface area contributed by atoms with Crippen LogP contribution in [0.3, 0.4) is 0 Å². The first-order valence-corrected chi connectivity index (χ1v) is 8.70. The van der Waals surface area contributed by atoms with Crippen LogP contribution < -0.4 is 4.90 Å². The van der Waals surface area contributed by atoms with Crippen LogP contribution in [0, 0.1) is 26.7 Å². The summed E-state index contributed by atoms with van der Waals surface area (Å²) in [6.45, 7) is 10.8. The van der Waals surface area contributed by atoms with Gasteiger partial charge in [0.1, 0.15) is 0 Å². The SMILES string of the molecule is Cc1cc(C)c(N2CC[C@H](N3CC[C@H](O)[C@@H](C)C3)C2=O)c(C)c1. The van der Waals surface area contributed by atoms with Gasteiger partial charge in [-0.05, 0) is 50.7 Å². The van der Waals surface area contributed by atoms with Gasteiger partial charge in [0.25, 0.3) is 0 Å². The summed E-state index contributed by atoms with van der Waals surface area (Å²) in [4.78, 5) is 17.3. The predicted octanol–water partition coefficient (Wildman–Crippen LogP) is 2.42. The number of amides is 1. The summed E-state index contributed by atoms with van der Waals surface area (Å²) in [6.07, 6.45) is 1.43. The number of aryl methyl sites for hydroxylation is 3. The number of carbonyl (C=O) groups excluding carboxylic acids is 1. The summed E-state index contributed by atoms with van der Waals surface area (Å²) >= 11 is 0. The lowest BCUT2D eigenvalue weighted by Crippen LogP contribution is -2.50. The molecule has 0 aromatic heterocycles. The van der Waals surface area contributed by atoms with E-state index >= 15 is 0 Å². The molecule has 0 radical (unpaired) electrons. The molecule has 2 aliphatic rings. The Morgan fingerprint density at radius 3 is 2.35 bits per heavy atom. The summed E-state index contributed by atoms with van der Waals surface area (Å²) < 4.78 is 0. The molecule has 4 heteroatoms. The van der Waals surface area contributed by atoms with Crippen molar-refractivity contribution in [2.24, 2.45) is 5.92 Å². The molecular formula is C19H28N2O2. The van der Waals surface area contributed by atoms with Crippen LogP contribution in [0.4, 0.5) is 5.69 Å². The van der Waals surface area contributed by atoms with Gasteiger partial charge < -0.3 is 10.0 Å². The molecular weight excluding hydrogens is 288 g/mol. The van der Waals surface area contributed by atoms with E-state index in [9.17, 15) is 9.90 Å². The zero-order chi connectivity index (χ0) is 16.7. The average Bonchev–Trinajstić information content (AvgIpc) is 2.83. The van der Waals surface area contributed by atoms with Gasteiger partial charge in [-0.1, -0.05) is 24.6 Å². The standard InChI is InChI=1S/C19H28N2O2/c1-12-9-13(2)18(14(3)10-12)21-8-5-16(19(21)23)20-7-6-17(22)15(4)11-20/h9-10,15-17,22H,5-8,11H2,1-4H3/t15-,16-,17-/m0/s1. The van der Waals surface area contributed by atoms with Gasteiger partial charge in [-0.2, -0.15) is 0 Å². The Morgan fingerprint density at radius 2 is 1.74 bits per heavy atom. The molecule has 0 spiro atoms. The van der Waals surface area contributed by atoms with Crippen molar-refractivity contribution in [2.45, 2.75) is 52.7 Å². The number of nitrogens with zero attached hydrogens (tertiary/aromatic N) is 2. The highest BCUT2D eigenvalue weighted by atomic mass is 16.3. The number of aliphatic hydroxyl groups is 1. The van der Waals surface area contributed by atoms with Crippen LogP contribution >= 0.6 is 0 Å². The van der Waals surface area contributed by atoms with Gasteiger partial charge in [-0.3, -0.25) is 9.69 Å². The molecule has 0 unspecified atom stereocenters. The molecule has 3 rings (SSSR count). The van der Waals surface area contributed by atoms with Crippen molar-refractivity contribution in [3.63, 3.8) is 0 Å². The highest BCUT2D eigenvalue weighted by Gasteiger charge is 2.40. The second-order valence-electron chi connectivity index (χ2n) is 7.37. The molecule has 23 heavy (non-hydrogen) atoms. The fourth-order valence-electron chi connectivity index (χ4n) is 4.27. The zero-order valence-electron chi connectivity index (χ0n) is 14.7. The van der Waals surface area contributed by atoms with Crippen LogP contribution in [0.1, 0.15) is 36.5 Å². The van der Waals surface area contributed by atoms with Crippen LogP contribution in [-0.4, -0.2) is 47.7 Å². The Kier molecular flexibility index (Phi) is 4.47. The second kappa shape index (κ2) is 6.25. The summed E-state index contributed by atoms with van der Waals surface area (Å²) in [6, 6.07) is 4.29.